The van der Waals surface area contributed by atoms with Crippen LogP contribution in [0.5, 0.6) is 5.75 Å². The molecule has 0 unspecified atom stereocenters. The van der Waals surface area contributed by atoms with Crippen LogP contribution in [0.25, 0.3) is 33.7 Å². The van der Waals surface area contributed by atoms with E-state index >= 15 is 0 Å². The van der Waals surface area contributed by atoms with Crippen LogP contribution in [-0.4, -0.2) is 50.3 Å². The number of carboxylic acid groups (broad SMARTS) is 1. The molecule has 0 aliphatic carbocycles. The van der Waals surface area contributed by atoms with Gasteiger partial charge in [-0.1, -0.05) is 28.9 Å². The number of fused-ring (bicyclic) bond motifs is 1. The molecule has 0 amide bonds. The molecule has 35 heavy (non-hydrogen) atoms. The number of carboxylic acids is 1. The summed E-state index contributed by atoms with van der Waals surface area (Å²) in [5, 5.41) is 15.0. The van der Waals surface area contributed by atoms with E-state index in [1.807, 2.05) is 38.2 Å². The molecule has 1 fully saturated rings. The lowest BCUT2D eigenvalue weighted by molar-refractivity contribution is -0.143. The first kappa shape index (κ1) is 23.4. The molecule has 0 saturated carbocycles. The highest BCUT2D eigenvalue weighted by Gasteiger charge is 2.25. The molecule has 2 aromatic carbocycles. The fourth-order valence-corrected chi connectivity index (χ4v) is 4.77. The van der Waals surface area contributed by atoms with E-state index in [9.17, 15) is 9.90 Å². The summed E-state index contributed by atoms with van der Waals surface area (Å²) in [5.41, 5.74) is 3.66. The number of aliphatic carboxylic acids is 1. The largest absolute Gasteiger partial charge is 0.489 e. The smallest absolute Gasteiger partial charge is 0.306 e. The van der Waals surface area contributed by atoms with Gasteiger partial charge in [-0.3, -0.25) is 9.69 Å². The summed E-state index contributed by atoms with van der Waals surface area (Å²) in [4.78, 5) is 21.5. The first-order valence-corrected chi connectivity index (χ1v) is 12.1. The summed E-state index contributed by atoms with van der Waals surface area (Å²) < 4.78 is 11.3. The minimum absolute atomic E-state index is 0.0242. The highest BCUT2D eigenvalue weighted by Crippen LogP contribution is 2.33. The number of nitrogens with zero attached hydrogens (tertiary/aromatic N) is 3. The average molecular weight is 495 g/mol. The van der Waals surface area contributed by atoms with Crippen molar-refractivity contribution in [2.24, 2.45) is 5.92 Å². The number of para-hydroxylation sites is 1. The molecule has 9 heteroatoms. The van der Waals surface area contributed by atoms with E-state index in [1.165, 1.54) is 0 Å². The Kier molecular flexibility index (Phi) is 6.49. The standard InChI is InChI=1S/C26H27ClN4O4/c1-15(2)34-22-7-6-17(12-21(22)27)25-29-24(30-35-25)20-5-3-4-19-18(13-28-23(19)20)14-31-10-8-16(9-11-31)26(32)33/h3-7,12-13,15-16,28H,8-11,14H2,1-2H3,(H,32,33). The van der Waals surface area contributed by atoms with Gasteiger partial charge in [0.15, 0.2) is 0 Å². The number of halogens is 1. The predicted molar refractivity (Wildman–Crippen MR) is 133 cm³/mol. The Morgan fingerprint density at radius 3 is 2.80 bits per heavy atom. The van der Waals surface area contributed by atoms with E-state index in [1.54, 1.807) is 12.1 Å². The molecule has 0 bridgehead atoms. The fourth-order valence-electron chi connectivity index (χ4n) is 4.54. The van der Waals surface area contributed by atoms with Gasteiger partial charge in [-0.15, -0.1) is 0 Å². The van der Waals surface area contributed by atoms with Gasteiger partial charge in [0.25, 0.3) is 5.89 Å². The number of rotatable bonds is 7. The molecule has 1 aliphatic heterocycles. The molecular weight excluding hydrogens is 468 g/mol. The minimum atomic E-state index is -0.692. The van der Waals surface area contributed by atoms with Crippen molar-refractivity contribution in [3.8, 4) is 28.6 Å². The maximum Gasteiger partial charge on any atom is 0.306 e. The highest BCUT2D eigenvalue weighted by molar-refractivity contribution is 6.32. The average Bonchev–Trinajstić information content (AvgIpc) is 3.48. The number of carbonyl (C=O) groups is 1. The molecule has 1 aliphatic rings. The summed E-state index contributed by atoms with van der Waals surface area (Å²) in [5.74, 6) is 0.550. The number of aromatic amines is 1. The molecule has 4 aromatic rings. The Labute approximate surface area is 207 Å². The van der Waals surface area contributed by atoms with Crippen LogP contribution < -0.4 is 4.74 Å². The third-order valence-corrected chi connectivity index (χ3v) is 6.64. The fraction of sp³-hybridized carbons (Fsp3) is 0.346. The molecule has 3 heterocycles. The third kappa shape index (κ3) is 4.90. The summed E-state index contributed by atoms with van der Waals surface area (Å²) in [7, 11) is 0. The van der Waals surface area contributed by atoms with Crippen LogP contribution in [0.4, 0.5) is 0 Å². The molecule has 0 radical (unpaired) electrons. The number of ether oxygens (including phenoxy) is 1. The van der Waals surface area contributed by atoms with E-state index in [0.717, 1.165) is 41.7 Å². The third-order valence-electron chi connectivity index (χ3n) is 6.34. The van der Waals surface area contributed by atoms with E-state index in [4.69, 9.17) is 20.9 Å². The van der Waals surface area contributed by atoms with Crippen LogP contribution in [0.3, 0.4) is 0 Å². The topological polar surface area (TPSA) is 104 Å². The van der Waals surface area contributed by atoms with Crippen LogP contribution in [0.2, 0.25) is 5.02 Å². The molecule has 8 nitrogen and oxygen atoms in total. The Morgan fingerprint density at radius 1 is 1.29 bits per heavy atom. The predicted octanol–water partition coefficient (Wildman–Crippen LogP) is 5.62. The molecule has 5 rings (SSSR count). The van der Waals surface area contributed by atoms with Crippen molar-refractivity contribution in [1.29, 1.82) is 0 Å². The van der Waals surface area contributed by atoms with Crippen molar-refractivity contribution < 1.29 is 19.2 Å². The van der Waals surface area contributed by atoms with Crippen LogP contribution in [0.15, 0.2) is 47.1 Å². The van der Waals surface area contributed by atoms with Crippen molar-refractivity contribution in [3.63, 3.8) is 0 Å². The maximum absolute atomic E-state index is 11.2. The Hall–Kier alpha value is -3.36. The normalized spacial score (nSPS) is 15.2. The number of aromatic nitrogens is 3. The van der Waals surface area contributed by atoms with Crippen LogP contribution in [-0.2, 0) is 11.3 Å². The van der Waals surface area contributed by atoms with Gasteiger partial charge < -0.3 is 19.4 Å². The highest BCUT2D eigenvalue weighted by atomic mass is 35.5. The van der Waals surface area contributed by atoms with E-state index in [2.05, 4.69) is 26.1 Å². The summed E-state index contributed by atoms with van der Waals surface area (Å²) >= 11 is 6.38. The van der Waals surface area contributed by atoms with Gasteiger partial charge in [0.05, 0.1) is 22.6 Å². The minimum Gasteiger partial charge on any atom is -0.489 e. The van der Waals surface area contributed by atoms with Crippen molar-refractivity contribution in [1.82, 2.24) is 20.0 Å². The number of hydrogen-bond donors (Lipinski definition) is 2. The summed E-state index contributed by atoms with van der Waals surface area (Å²) in [6.07, 6.45) is 3.40. The lowest BCUT2D eigenvalue weighted by atomic mass is 9.97. The molecule has 2 aromatic heterocycles. The van der Waals surface area contributed by atoms with Gasteiger partial charge in [0.1, 0.15) is 5.75 Å². The monoisotopic (exact) mass is 494 g/mol. The maximum atomic E-state index is 11.2. The number of nitrogens with one attached hydrogen (secondary N) is 1. The zero-order valence-corrected chi connectivity index (χ0v) is 20.4. The molecule has 1 saturated heterocycles. The van der Waals surface area contributed by atoms with Gasteiger partial charge in [0, 0.05) is 29.3 Å². The number of likely N-dealkylation sites (tertiary alicyclic amines) is 1. The Bertz CT molecular complexity index is 1350. The second kappa shape index (κ2) is 9.71. The van der Waals surface area contributed by atoms with Crippen molar-refractivity contribution in [3.05, 3.63) is 53.2 Å². The van der Waals surface area contributed by atoms with E-state index < -0.39 is 5.97 Å². The number of hydrogen-bond acceptors (Lipinski definition) is 6. The quantitative estimate of drug-likeness (QED) is 0.343. The van der Waals surface area contributed by atoms with Gasteiger partial charge in [0.2, 0.25) is 5.82 Å². The first-order chi connectivity index (χ1) is 16.9. The zero-order chi connectivity index (χ0) is 24.5. The summed E-state index contributed by atoms with van der Waals surface area (Å²) in [6.45, 7) is 6.21. The Balaban J connectivity index is 1.37. The van der Waals surface area contributed by atoms with Crippen molar-refractivity contribution >= 4 is 28.5 Å². The van der Waals surface area contributed by atoms with Crippen molar-refractivity contribution in [2.75, 3.05) is 13.1 Å². The van der Waals surface area contributed by atoms with Crippen molar-refractivity contribution in [2.45, 2.75) is 39.3 Å². The molecule has 0 atom stereocenters. The molecule has 182 valence electrons. The Morgan fingerprint density at radius 2 is 2.09 bits per heavy atom. The molecule has 0 spiro atoms. The second-order valence-corrected chi connectivity index (χ2v) is 9.57. The summed E-state index contributed by atoms with van der Waals surface area (Å²) in [6, 6.07) is 11.4. The van der Waals surface area contributed by atoms with E-state index in [0.29, 0.717) is 40.9 Å². The van der Waals surface area contributed by atoms with Gasteiger partial charge in [-0.2, -0.15) is 4.98 Å². The lowest BCUT2D eigenvalue weighted by Crippen LogP contribution is -2.35. The van der Waals surface area contributed by atoms with Crippen LogP contribution in [0.1, 0.15) is 32.3 Å². The lowest BCUT2D eigenvalue weighted by Gasteiger charge is -2.29. The molecular formula is C26H27ClN4O4. The number of piperidine rings is 1. The zero-order valence-electron chi connectivity index (χ0n) is 19.6. The second-order valence-electron chi connectivity index (χ2n) is 9.17. The molecule has 2 N–H and O–H groups in total. The number of H-pyrrole nitrogens is 1. The van der Waals surface area contributed by atoms with Gasteiger partial charge >= 0.3 is 5.97 Å². The number of benzene rings is 2. The van der Waals surface area contributed by atoms with Crippen LogP contribution in [0, 0.1) is 5.92 Å². The van der Waals surface area contributed by atoms with E-state index in [-0.39, 0.29) is 12.0 Å². The SMILES string of the molecule is CC(C)Oc1ccc(-c2nc(-c3cccc4c(CN5CCC(C(=O)O)CC5)c[nH]c34)no2)cc1Cl. The van der Waals surface area contributed by atoms with Gasteiger partial charge in [-0.05, 0) is 69.6 Å². The van der Waals surface area contributed by atoms with Crippen LogP contribution >= 0.6 is 11.6 Å². The first-order valence-electron chi connectivity index (χ1n) is 11.7. The van der Waals surface area contributed by atoms with Gasteiger partial charge in [-0.25, -0.2) is 0 Å².